The van der Waals surface area contributed by atoms with E-state index in [1.54, 1.807) is 51.2 Å². The van der Waals surface area contributed by atoms with Crippen molar-refractivity contribution in [2.75, 3.05) is 25.7 Å². The average molecular weight is 574 g/mol. The zero-order valence-electron chi connectivity index (χ0n) is 26.7. The van der Waals surface area contributed by atoms with E-state index in [9.17, 15) is 24.9 Å². The number of benzene rings is 1. The van der Waals surface area contributed by atoms with Gasteiger partial charge in [0.15, 0.2) is 6.10 Å². The van der Waals surface area contributed by atoms with Gasteiger partial charge < -0.3 is 24.8 Å². The van der Waals surface area contributed by atoms with Crippen LogP contribution in [0.5, 0.6) is 5.75 Å². The predicted octanol–water partition coefficient (Wildman–Crippen LogP) is 5.55. The molecule has 0 saturated carbocycles. The monoisotopic (exact) mass is 573 g/mol. The summed E-state index contributed by atoms with van der Waals surface area (Å²) >= 11 is 0. The van der Waals surface area contributed by atoms with Gasteiger partial charge in [-0.3, -0.25) is 9.69 Å². The summed E-state index contributed by atoms with van der Waals surface area (Å²) < 4.78 is 11.3. The molecule has 0 heterocycles. The van der Waals surface area contributed by atoms with Crippen molar-refractivity contribution in [2.24, 2.45) is 28.6 Å². The standard InChI is InChI=1S/C33H51NO7/c1-20(2)31(8,9)27(17-22(5)19-35)28(37)32(21(3)4)16-15-23(6)29(33(32,39)24(7)36)41-30(38)34(10)25-13-12-14-26(18-25)40-11/h12-15,17-18,20-21,24,27,29,35-36,39H,16,19H2,1-11H3/b22-17+. The molecule has 0 fully saturated rings. The maximum Gasteiger partial charge on any atom is 0.414 e. The Balaban J connectivity index is 2.73. The summed E-state index contributed by atoms with van der Waals surface area (Å²) in [6, 6.07) is 6.91. The first-order chi connectivity index (χ1) is 18.9. The summed E-state index contributed by atoms with van der Waals surface area (Å²) in [4.78, 5) is 29.8. The largest absolute Gasteiger partial charge is 0.497 e. The highest BCUT2D eigenvalue weighted by Crippen LogP contribution is 2.56. The number of Topliss-reactive ketones (excluding diaryl/α,β-unsaturated/α-hetero) is 1. The van der Waals surface area contributed by atoms with Crippen LogP contribution in [-0.4, -0.2) is 65.8 Å². The Kier molecular flexibility index (Phi) is 11.0. The molecule has 1 aromatic carbocycles. The van der Waals surface area contributed by atoms with Crippen LogP contribution < -0.4 is 9.64 Å². The van der Waals surface area contributed by atoms with Crippen molar-refractivity contribution in [2.45, 2.75) is 86.5 Å². The van der Waals surface area contributed by atoms with Gasteiger partial charge in [0.2, 0.25) is 0 Å². The first kappa shape index (κ1) is 34.5. The lowest BCUT2D eigenvalue weighted by Crippen LogP contribution is -2.71. The molecule has 2 rings (SSSR count). The molecule has 1 aromatic rings. The maximum absolute atomic E-state index is 15.0. The van der Waals surface area contributed by atoms with Crippen LogP contribution in [0.15, 0.2) is 47.6 Å². The average Bonchev–Trinajstić information content (AvgIpc) is 2.92. The molecule has 0 spiro atoms. The molecule has 5 unspecified atom stereocenters. The zero-order valence-corrected chi connectivity index (χ0v) is 26.7. The number of carbonyl (C=O) groups excluding carboxylic acids is 2. The van der Waals surface area contributed by atoms with E-state index in [1.165, 1.54) is 18.9 Å². The number of ether oxygens (including phenoxy) is 2. The Hall–Kier alpha value is -2.68. The third-order valence-corrected chi connectivity index (χ3v) is 9.54. The minimum Gasteiger partial charge on any atom is -0.497 e. The van der Waals surface area contributed by atoms with Crippen molar-refractivity contribution < 1.29 is 34.4 Å². The lowest BCUT2D eigenvalue weighted by atomic mass is 9.50. The number of rotatable bonds is 11. The number of carbonyl (C=O) groups is 2. The van der Waals surface area contributed by atoms with Gasteiger partial charge in [0.25, 0.3) is 0 Å². The van der Waals surface area contributed by atoms with E-state index < -0.39 is 46.6 Å². The first-order valence-electron chi connectivity index (χ1n) is 14.4. The molecular formula is C33H51NO7. The Morgan fingerprint density at radius 1 is 1.20 bits per heavy atom. The highest BCUT2D eigenvalue weighted by atomic mass is 16.6. The lowest BCUT2D eigenvalue weighted by molar-refractivity contribution is -0.220. The van der Waals surface area contributed by atoms with Crippen LogP contribution in [0, 0.1) is 28.6 Å². The van der Waals surface area contributed by atoms with Crippen molar-refractivity contribution in [3.05, 3.63) is 47.6 Å². The molecule has 5 atom stereocenters. The van der Waals surface area contributed by atoms with Crippen LogP contribution in [0.1, 0.15) is 68.7 Å². The number of hydrogen-bond donors (Lipinski definition) is 3. The molecule has 3 N–H and O–H groups in total. The number of allylic oxidation sites excluding steroid dienone is 2. The van der Waals surface area contributed by atoms with Crippen molar-refractivity contribution in [1.29, 1.82) is 0 Å². The topological polar surface area (TPSA) is 117 Å². The summed E-state index contributed by atoms with van der Waals surface area (Å²) in [5.41, 5.74) is -2.50. The fraction of sp³-hybridized carbons (Fsp3) is 0.636. The number of anilines is 1. The second-order valence-electron chi connectivity index (χ2n) is 12.8. The molecule has 0 bridgehead atoms. The van der Waals surface area contributed by atoms with Gasteiger partial charge in [-0.15, -0.1) is 0 Å². The number of aliphatic hydroxyl groups is 3. The maximum atomic E-state index is 15.0. The highest BCUT2D eigenvalue weighted by molar-refractivity contribution is 5.92. The molecule has 8 nitrogen and oxygen atoms in total. The smallest absolute Gasteiger partial charge is 0.414 e. The van der Waals surface area contributed by atoms with Gasteiger partial charge in [-0.2, -0.15) is 0 Å². The number of nitrogens with zero attached hydrogens (tertiary/aromatic N) is 1. The molecule has 1 aliphatic rings. The molecule has 0 radical (unpaired) electrons. The predicted molar refractivity (Wildman–Crippen MR) is 162 cm³/mol. The summed E-state index contributed by atoms with van der Waals surface area (Å²) in [5.74, 6) is -0.747. The molecule has 8 heteroatoms. The van der Waals surface area contributed by atoms with Gasteiger partial charge in [-0.1, -0.05) is 65.3 Å². The minimum absolute atomic E-state index is 0.0778. The third kappa shape index (κ3) is 6.25. The van der Waals surface area contributed by atoms with Crippen LogP contribution in [0.25, 0.3) is 0 Å². The number of methoxy groups -OCH3 is 1. The molecule has 0 aliphatic heterocycles. The normalized spacial score (nSPS) is 25.0. The summed E-state index contributed by atoms with van der Waals surface area (Å²) in [6.45, 7) is 16.5. The van der Waals surface area contributed by atoms with Crippen molar-refractivity contribution in [1.82, 2.24) is 0 Å². The van der Waals surface area contributed by atoms with Gasteiger partial charge in [-0.05, 0) is 62.1 Å². The summed E-state index contributed by atoms with van der Waals surface area (Å²) in [6.07, 6.45) is 0.305. The van der Waals surface area contributed by atoms with E-state index in [0.717, 1.165) is 0 Å². The zero-order chi connectivity index (χ0) is 31.5. The van der Waals surface area contributed by atoms with Crippen LogP contribution in [0.2, 0.25) is 0 Å². The van der Waals surface area contributed by atoms with Gasteiger partial charge in [0.1, 0.15) is 17.1 Å². The molecular weight excluding hydrogens is 522 g/mol. The van der Waals surface area contributed by atoms with Crippen LogP contribution in [0.3, 0.4) is 0 Å². The molecule has 0 saturated heterocycles. The second kappa shape index (κ2) is 13.1. The Morgan fingerprint density at radius 2 is 1.80 bits per heavy atom. The van der Waals surface area contributed by atoms with Gasteiger partial charge in [-0.25, -0.2) is 4.79 Å². The van der Waals surface area contributed by atoms with E-state index in [-0.39, 0.29) is 24.7 Å². The summed E-state index contributed by atoms with van der Waals surface area (Å²) in [5, 5.41) is 33.8. The number of hydrogen-bond acceptors (Lipinski definition) is 7. The Bertz CT molecular complexity index is 1150. The quantitative estimate of drug-likeness (QED) is 0.297. The summed E-state index contributed by atoms with van der Waals surface area (Å²) in [7, 11) is 3.08. The van der Waals surface area contributed by atoms with E-state index >= 15 is 0 Å². The van der Waals surface area contributed by atoms with Crippen LogP contribution in [0.4, 0.5) is 10.5 Å². The van der Waals surface area contributed by atoms with Crippen LogP contribution in [-0.2, 0) is 9.53 Å². The second-order valence-corrected chi connectivity index (χ2v) is 12.8. The number of ketones is 1. The van der Waals surface area contributed by atoms with E-state index in [1.807, 2.05) is 47.6 Å². The number of amides is 1. The fourth-order valence-electron chi connectivity index (χ4n) is 5.94. The van der Waals surface area contributed by atoms with Crippen molar-refractivity contribution in [3.8, 4) is 5.75 Å². The SMILES string of the molecule is COc1cccc(N(C)C(=O)OC2C(C)=CCC(C(=O)C(/C=C(\C)CO)C(C)(C)C(C)C)(C(C)C)C2(O)C(C)O)c1. The lowest BCUT2D eigenvalue weighted by Gasteiger charge is -2.57. The van der Waals surface area contributed by atoms with E-state index in [2.05, 4.69) is 0 Å². The van der Waals surface area contributed by atoms with Gasteiger partial charge in [0.05, 0.1) is 30.9 Å². The molecule has 230 valence electrons. The molecule has 1 aliphatic carbocycles. The minimum atomic E-state index is -2.14. The first-order valence-corrected chi connectivity index (χ1v) is 14.4. The van der Waals surface area contributed by atoms with Crippen LogP contribution >= 0.6 is 0 Å². The number of aliphatic hydroxyl groups excluding tert-OH is 2. The molecule has 1 amide bonds. The van der Waals surface area contributed by atoms with Gasteiger partial charge >= 0.3 is 6.09 Å². The van der Waals surface area contributed by atoms with E-state index in [0.29, 0.717) is 22.6 Å². The van der Waals surface area contributed by atoms with Gasteiger partial charge in [0, 0.05) is 19.0 Å². The van der Waals surface area contributed by atoms with Crippen molar-refractivity contribution >= 4 is 17.6 Å². The molecule has 0 aromatic heterocycles. The Morgan fingerprint density at radius 3 is 2.29 bits per heavy atom. The third-order valence-electron chi connectivity index (χ3n) is 9.54. The Labute approximate surface area is 246 Å². The fourth-order valence-corrected chi connectivity index (χ4v) is 5.94. The van der Waals surface area contributed by atoms with E-state index in [4.69, 9.17) is 9.47 Å². The van der Waals surface area contributed by atoms with Crippen molar-refractivity contribution in [3.63, 3.8) is 0 Å². The highest BCUT2D eigenvalue weighted by Gasteiger charge is 2.67. The molecule has 41 heavy (non-hydrogen) atoms.